The van der Waals surface area contributed by atoms with Crippen molar-refractivity contribution in [3.05, 3.63) is 73.4 Å². The molecule has 36 heavy (non-hydrogen) atoms. The van der Waals surface area contributed by atoms with Crippen LogP contribution in [0.1, 0.15) is 33.1 Å². The van der Waals surface area contributed by atoms with Gasteiger partial charge in [-0.25, -0.2) is 9.78 Å². The average molecular weight is 525 g/mol. The third-order valence-electron chi connectivity index (χ3n) is 6.24. The second-order valence-electron chi connectivity index (χ2n) is 8.59. The summed E-state index contributed by atoms with van der Waals surface area (Å²) in [5.41, 5.74) is 5.01. The van der Waals surface area contributed by atoms with E-state index in [0.29, 0.717) is 40.8 Å². The van der Waals surface area contributed by atoms with E-state index < -0.39 is 5.97 Å². The van der Waals surface area contributed by atoms with E-state index in [2.05, 4.69) is 15.3 Å². The first-order chi connectivity index (χ1) is 17.4. The van der Waals surface area contributed by atoms with Crippen molar-refractivity contribution < 1.29 is 14.3 Å². The number of hydrogen-bond donors (Lipinski definition) is 1. The zero-order valence-electron chi connectivity index (χ0n) is 20.2. The van der Waals surface area contributed by atoms with Crippen molar-refractivity contribution in [2.75, 3.05) is 20.3 Å². The quantitative estimate of drug-likeness (QED) is 0.376. The Balaban J connectivity index is 1.48. The fourth-order valence-corrected chi connectivity index (χ4v) is 5.68. The second-order valence-corrected chi connectivity index (χ2v) is 9.90. The van der Waals surface area contributed by atoms with Gasteiger partial charge in [0.1, 0.15) is 18.2 Å². The summed E-state index contributed by atoms with van der Waals surface area (Å²) >= 11 is 7.79. The van der Waals surface area contributed by atoms with Crippen LogP contribution in [0.3, 0.4) is 0 Å². The topological polar surface area (TPSA) is 95.3 Å². The SMILES string of the molecule is COC(=O)c1csc2c(-c3cc(Cl)ccc3OCCn3c(C)nc4c(c3=O)CNCC4)cc(C)nc12. The smallest absolute Gasteiger partial charge is 0.340 e. The number of carbonyl (C=O) groups excluding carboxylic acids is 1. The van der Waals surface area contributed by atoms with E-state index in [0.717, 1.165) is 45.7 Å². The van der Waals surface area contributed by atoms with E-state index in [-0.39, 0.29) is 12.2 Å². The lowest BCUT2D eigenvalue weighted by Crippen LogP contribution is -2.37. The molecule has 0 amide bonds. The van der Waals surface area contributed by atoms with Crippen LogP contribution in [0.25, 0.3) is 21.3 Å². The molecule has 0 aliphatic carbocycles. The van der Waals surface area contributed by atoms with Crippen molar-refractivity contribution in [2.45, 2.75) is 33.4 Å². The Bertz CT molecular complexity index is 1550. The number of fused-ring (bicyclic) bond motifs is 2. The molecule has 3 aromatic heterocycles. The van der Waals surface area contributed by atoms with Crippen molar-refractivity contribution in [3.8, 4) is 16.9 Å². The number of pyridine rings is 1. The number of benzene rings is 1. The minimum atomic E-state index is -0.428. The first kappa shape index (κ1) is 24.4. The summed E-state index contributed by atoms with van der Waals surface area (Å²) in [5, 5.41) is 5.56. The van der Waals surface area contributed by atoms with E-state index in [1.54, 1.807) is 16.0 Å². The van der Waals surface area contributed by atoms with Crippen molar-refractivity contribution in [3.63, 3.8) is 0 Å². The van der Waals surface area contributed by atoms with Gasteiger partial charge >= 0.3 is 5.97 Å². The Hall–Kier alpha value is -3.27. The molecule has 4 aromatic rings. The maximum absolute atomic E-state index is 13.0. The number of ether oxygens (including phenoxy) is 2. The lowest BCUT2D eigenvalue weighted by Gasteiger charge is -2.19. The standard InChI is InChI=1S/C26H25ClN4O4S/c1-14-10-18(24-23(29-14)20(13-36-24)26(33)34-3)17-11-16(27)4-5-22(17)35-9-8-31-15(2)30-21-6-7-28-12-19(21)25(31)32/h4-5,10-11,13,28H,6-9,12H2,1-3H3. The molecule has 0 fully saturated rings. The molecule has 1 N–H and O–H groups in total. The summed E-state index contributed by atoms with van der Waals surface area (Å²) < 4.78 is 13.6. The Morgan fingerprint density at radius 3 is 2.86 bits per heavy atom. The highest BCUT2D eigenvalue weighted by molar-refractivity contribution is 7.18. The number of thiophene rings is 1. The fourth-order valence-electron chi connectivity index (χ4n) is 4.50. The van der Waals surface area contributed by atoms with Crippen molar-refractivity contribution >= 4 is 39.1 Å². The van der Waals surface area contributed by atoms with Crippen LogP contribution in [0.5, 0.6) is 5.75 Å². The van der Waals surface area contributed by atoms with E-state index in [4.69, 9.17) is 21.1 Å². The van der Waals surface area contributed by atoms with Gasteiger partial charge in [0.15, 0.2) is 0 Å². The molecule has 10 heteroatoms. The number of carbonyl (C=O) groups is 1. The summed E-state index contributed by atoms with van der Waals surface area (Å²) in [5.74, 6) is 0.876. The molecule has 0 atom stereocenters. The van der Waals surface area contributed by atoms with E-state index in [1.807, 2.05) is 32.0 Å². The van der Waals surface area contributed by atoms with Gasteiger partial charge in [-0.2, -0.15) is 0 Å². The van der Waals surface area contributed by atoms with Gasteiger partial charge in [0.25, 0.3) is 5.56 Å². The van der Waals surface area contributed by atoms with Gasteiger partial charge in [-0.3, -0.25) is 14.3 Å². The van der Waals surface area contributed by atoms with Crippen molar-refractivity contribution in [2.24, 2.45) is 0 Å². The minimum absolute atomic E-state index is 0.0231. The van der Waals surface area contributed by atoms with Crippen LogP contribution in [-0.2, 0) is 24.2 Å². The van der Waals surface area contributed by atoms with Gasteiger partial charge in [-0.1, -0.05) is 11.6 Å². The van der Waals surface area contributed by atoms with Crippen molar-refractivity contribution in [1.29, 1.82) is 0 Å². The van der Waals surface area contributed by atoms with E-state index in [1.165, 1.54) is 18.4 Å². The maximum atomic E-state index is 13.0. The van der Waals surface area contributed by atoms with E-state index in [9.17, 15) is 9.59 Å². The number of methoxy groups -OCH3 is 1. The highest BCUT2D eigenvalue weighted by Gasteiger charge is 2.21. The highest BCUT2D eigenvalue weighted by atomic mass is 35.5. The van der Waals surface area contributed by atoms with Crippen LogP contribution in [0.2, 0.25) is 5.02 Å². The third-order valence-corrected chi connectivity index (χ3v) is 7.48. The Morgan fingerprint density at radius 2 is 2.06 bits per heavy atom. The molecule has 1 aliphatic rings. The molecule has 1 aliphatic heterocycles. The molecular weight excluding hydrogens is 500 g/mol. The average Bonchev–Trinajstić information content (AvgIpc) is 3.29. The number of aryl methyl sites for hydroxylation is 2. The van der Waals surface area contributed by atoms with Crippen LogP contribution in [0.4, 0.5) is 0 Å². The molecule has 5 rings (SSSR count). The van der Waals surface area contributed by atoms with Gasteiger partial charge in [0.05, 0.1) is 40.7 Å². The molecule has 186 valence electrons. The third kappa shape index (κ3) is 4.50. The number of halogens is 1. The molecule has 0 unspecified atom stereocenters. The lowest BCUT2D eigenvalue weighted by molar-refractivity contribution is 0.0603. The molecule has 0 saturated heterocycles. The zero-order chi connectivity index (χ0) is 25.4. The Labute approximate surface area is 216 Å². The number of nitrogens with one attached hydrogen (secondary N) is 1. The van der Waals surface area contributed by atoms with Gasteiger partial charge < -0.3 is 14.8 Å². The van der Waals surface area contributed by atoms with Crippen LogP contribution in [0.15, 0.2) is 34.4 Å². The second kappa shape index (κ2) is 10.0. The maximum Gasteiger partial charge on any atom is 0.340 e. The molecule has 0 radical (unpaired) electrons. The van der Waals surface area contributed by atoms with Crippen molar-refractivity contribution in [1.82, 2.24) is 19.9 Å². The van der Waals surface area contributed by atoms with Gasteiger partial charge in [-0.15, -0.1) is 11.3 Å². The number of esters is 1. The summed E-state index contributed by atoms with van der Waals surface area (Å²) in [6, 6.07) is 7.38. The van der Waals surface area contributed by atoms with Gasteiger partial charge in [0.2, 0.25) is 0 Å². The van der Waals surface area contributed by atoms with Gasteiger partial charge in [-0.05, 0) is 38.1 Å². The minimum Gasteiger partial charge on any atom is -0.491 e. The van der Waals surface area contributed by atoms with E-state index >= 15 is 0 Å². The van der Waals surface area contributed by atoms with Crippen LogP contribution in [-0.4, -0.2) is 40.8 Å². The lowest BCUT2D eigenvalue weighted by atomic mass is 10.0. The van der Waals surface area contributed by atoms with Crippen LogP contribution >= 0.6 is 22.9 Å². The monoisotopic (exact) mass is 524 g/mol. The Morgan fingerprint density at radius 1 is 1.22 bits per heavy atom. The first-order valence-electron chi connectivity index (χ1n) is 11.6. The molecule has 0 saturated carbocycles. The number of nitrogens with zero attached hydrogens (tertiary/aromatic N) is 3. The van der Waals surface area contributed by atoms with Gasteiger partial charge in [0, 0.05) is 46.7 Å². The predicted octanol–water partition coefficient (Wildman–Crippen LogP) is 4.30. The molecule has 1 aromatic carbocycles. The number of hydrogen-bond acceptors (Lipinski definition) is 8. The Kier molecular flexibility index (Phi) is 6.79. The summed E-state index contributed by atoms with van der Waals surface area (Å²) in [6.07, 6.45) is 0.761. The fraction of sp³-hybridized carbons (Fsp3) is 0.308. The number of rotatable bonds is 6. The molecule has 0 bridgehead atoms. The van der Waals surface area contributed by atoms with Crippen LogP contribution in [0, 0.1) is 13.8 Å². The number of aromatic nitrogens is 3. The summed E-state index contributed by atoms with van der Waals surface area (Å²) in [6.45, 7) is 5.73. The molecule has 0 spiro atoms. The normalized spacial score (nSPS) is 13.0. The molecule has 8 nitrogen and oxygen atoms in total. The van der Waals surface area contributed by atoms with Crippen LogP contribution < -0.4 is 15.6 Å². The zero-order valence-corrected chi connectivity index (χ0v) is 21.8. The molecular formula is C26H25ClN4O4S. The summed E-state index contributed by atoms with van der Waals surface area (Å²) in [4.78, 5) is 34.5. The first-order valence-corrected chi connectivity index (χ1v) is 12.8. The predicted molar refractivity (Wildman–Crippen MR) is 140 cm³/mol. The summed E-state index contributed by atoms with van der Waals surface area (Å²) in [7, 11) is 1.35. The highest BCUT2D eigenvalue weighted by Crippen LogP contribution is 2.40. The largest absolute Gasteiger partial charge is 0.491 e. The molecule has 4 heterocycles.